The van der Waals surface area contributed by atoms with Crippen molar-refractivity contribution in [3.8, 4) is 0 Å². The van der Waals surface area contributed by atoms with Gasteiger partial charge in [0.05, 0.1) is 24.3 Å². The minimum Gasteiger partial charge on any atom is -0.462 e. The SMILES string of the molecule is CCCCOC(=O)c1ccc(NC(=O)CCCCCCCCCCC(=O)Nc2ccc(C(=O)OCCCC)cc2)cc1. The summed E-state index contributed by atoms with van der Waals surface area (Å²) in [7, 11) is 0. The van der Waals surface area contributed by atoms with Crippen LogP contribution in [0.1, 0.15) is 124 Å². The third-order valence-electron chi connectivity index (χ3n) is 6.83. The number of carbonyl (C=O) groups is 4. The number of amides is 2. The van der Waals surface area contributed by atoms with Gasteiger partial charge in [0.2, 0.25) is 11.8 Å². The van der Waals surface area contributed by atoms with Crippen LogP contribution < -0.4 is 10.6 Å². The van der Waals surface area contributed by atoms with Crippen molar-refractivity contribution in [1.29, 1.82) is 0 Å². The Morgan fingerprint density at radius 1 is 0.500 bits per heavy atom. The summed E-state index contributed by atoms with van der Waals surface area (Å²) >= 11 is 0. The fourth-order valence-electron chi connectivity index (χ4n) is 4.24. The molecule has 0 heterocycles. The van der Waals surface area contributed by atoms with Gasteiger partial charge in [-0.25, -0.2) is 9.59 Å². The Bertz CT molecular complexity index is 995. The Balaban J connectivity index is 1.46. The molecule has 8 nitrogen and oxygen atoms in total. The Kier molecular flexibility index (Phi) is 17.3. The second-order valence-electron chi connectivity index (χ2n) is 10.6. The molecule has 2 N–H and O–H groups in total. The number of carbonyl (C=O) groups excluding carboxylic acids is 4. The summed E-state index contributed by atoms with van der Waals surface area (Å²) in [6.45, 7) is 4.93. The van der Waals surface area contributed by atoms with Gasteiger partial charge in [0, 0.05) is 24.2 Å². The predicted molar refractivity (Wildman–Crippen MR) is 167 cm³/mol. The molecular weight excluding hydrogens is 532 g/mol. The molecule has 230 valence electrons. The molecule has 0 unspecified atom stereocenters. The number of nitrogens with one attached hydrogen (secondary N) is 2. The zero-order valence-corrected chi connectivity index (χ0v) is 25.4. The van der Waals surface area contributed by atoms with Gasteiger partial charge >= 0.3 is 11.9 Å². The maximum atomic E-state index is 12.2. The van der Waals surface area contributed by atoms with Crippen LogP contribution in [-0.4, -0.2) is 37.0 Å². The van der Waals surface area contributed by atoms with E-state index in [0.29, 0.717) is 48.6 Å². The number of unbranched alkanes of at least 4 members (excludes halogenated alkanes) is 9. The van der Waals surface area contributed by atoms with Crippen molar-refractivity contribution in [2.45, 2.75) is 104 Å². The topological polar surface area (TPSA) is 111 Å². The summed E-state index contributed by atoms with van der Waals surface area (Å²) in [4.78, 5) is 48.3. The zero-order valence-electron chi connectivity index (χ0n) is 25.4. The van der Waals surface area contributed by atoms with Crippen LogP contribution in [0.15, 0.2) is 48.5 Å². The van der Waals surface area contributed by atoms with Crippen molar-refractivity contribution in [1.82, 2.24) is 0 Å². The summed E-state index contributed by atoms with van der Waals surface area (Å²) in [5.41, 5.74) is 2.32. The highest BCUT2D eigenvalue weighted by molar-refractivity contribution is 5.94. The Labute approximate surface area is 250 Å². The zero-order chi connectivity index (χ0) is 30.4. The average Bonchev–Trinajstić information content (AvgIpc) is 2.99. The highest BCUT2D eigenvalue weighted by atomic mass is 16.5. The van der Waals surface area contributed by atoms with Gasteiger partial charge in [0.25, 0.3) is 0 Å². The number of hydrogen-bond donors (Lipinski definition) is 2. The summed E-state index contributed by atoms with van der Waals surface area (Å²) < 4.78 is 10.4. The van der Waals surface area contributed by atoms with Crippen LogP contribution in [0.25, 0.3) is 0 Å². The number of anilines is 2. The van der Waals surface area contributed by atoms with E-state index in [-0.39, 0.29) is 23.8 Å². The van der Waals surface area contributed by atoms with Gasteiger partial charge in [-0.1, -0.05) is 65.2 Å². The van der Waals surface area contributed by atoms with E-state index in [1.165, 1.54) is 0 Å². The van der Waals surface area contributed by atoms with E-state index in [1.807, 2.05) is 13.8 Å². The van der Waals surface area contributed by atoms with Gasteiger partial charge in [-0.3, -0.25) is 9.59 Å². The lowest BCUT2D eigenvalue weighted by Gasteiger charge is -2.08. The molecule has 0 saturated heterocycles. The third-order valence-corrected chi connectivity index (χ3v) is 6.83. The fraction of sp³-hybridized carbons (Fsp3) is 0.529. The molecular formula is C34H48N2O6. The summed E-state index contributed by atoms with van der Waals surface area (Å²) in [5, 5.41) is 5.77. The van der Waals surface area contributed by atoms with Crippen molar-refractivity contribution < 1.29 is 28.7 Å². The highest BCUT2D eigenvalue weighted by Gasteiger charge is 2.09. The van der Waals surface area contributed by atoms with Gasteiger partial charge in [-0.05, 0) is 74.2 Å². The van der Waals surface area contributed by atoms with Crippen molar-refractivity contribution in [3.05, 3.63) is 59.7 Å². The number of esters is 2. The van der Waals surface area contributed by atoms with Crippen molar-refractivity contribution in [3.63, 3.8) is 0 Å². The first-order valence-electron chi connectivity index (χ1n) is 15.6. The summed E-state index contributed by atoms with van der Waals surface area (Å²) in [5.74, 6) is -0.721. The maximum absolute atomic E-state index is 12.2. The first kappa shape index (κ1) is 34.5. The van der Waals surface area contributed by atoms with Crippen LogP contribution in [0.3, 0.4) is 0 Å². The van der Waals surface area contributed by atoms with Crippen LogP contribution in [-0.2, 0) is 19.1 Å². The van der Waals surface area contributed by atoms with Gasteiger partial charge in [0.1, 0.15) is 0 Å². The average molecular weight is 581 g/mol. The smallest absolute Gasteiger partial charge is 0.338 e. The van der Waals surface area contributed by atoms with Gasteiger partial charge in [0.15, 0.2) is 0 Å². The molecule has 0 aromatic heterocycles. The van der Waals surface area contributed by atoms with Gasteiger partial charge in [-0.2, -0.15) is 0 Å². The first-order chi connectivity index (χ1) is 20.4. The van der Waals surface area contributed by atoms with Crippen LogP contribution >= 0.6 is 0 Å². The molecule has 42 heavy (non-hydrogen) atoms. The standard InChI is InChI=1S/C34H48N2O6/c1-3-5-25-41-33(39)27-17-21-29(22-18-27)35-31(37)15-13-11-9-7-8-10-12-14-16-32(38)36-30-23-19-28(20-24-30)34(40)42-26-6-4-2/h17-24H,3-16,25-26H2,1-2H3,(H,35,37)(H,36,38). The van der Waals surface area contributed by atoms with E-state index < -0.39 is 0 Å². The van der Waals surface area contributed by atoms with Crippen molar-refractivity contribution >= 4 is 35.1 Å². The molecule has 2 amide bonds. The highest BCUT2D eigenvalue weighted by Crippen LogP contribution is 2.15. The molecule has 8 heteroatoms. The Morgan fingerprint density at radius 2 is 0.833 bits per heavy atom. The lowest BCUT2D eigenvalue weighted by atomic mass is 10.1. The fourth-order valence-corrected chi connectivity index (χ4v) is 4.24. The molecule has 0 spiro atoms. The van der Waals surface area contributed by atoms with E-state index in [9.17, 15) is 19.2 Å². The van der Waals surface area contributed by atoms with Crippen molar-refractivity contribution in [2.24, 2.45) is 0 Å². The lowest BCUT2D eigenvalue weighted by Crippen LogP contribution is -2.11. The van der Waals surface area contributed by atoms with Crippen LogP contribution in [0.2, 0.25) is 0 Å². The van der Waals surface area contributed by atoms with Gasteiger partial charge in [-0.15, -0.1) is 0 Å². The molecule has 0 atom stereocenters. The number of rotatable bonds is 21. The molecule has 0 bridgehead atoms. The third kappa shape index (κ3) is 14.8. The van der Waals surface area contributed by atoms with E-state index >= 15 is 0 Å². The van der Waals surface area contributed by atoms with Crippen LogP contribution in [0, 0.1) is 0 Å². The maximum Gasteiger partial charge on any atom is 0.338 e. The first-order valence-corrected chi connectivity index (χ1v) is 15.6. The van der Waals surface area contributed by atoms with Crippen LogP contribution in [0.4, 0.5) is 11.4 Å². The lowest BCUT2D eigenvalue weighted by molar-refractivity contribution is -0.117. The Morgan fingerprint density at radius 3 is 1.17 bits per heavy atom. The van der Waals surface area contributed by atoms with Crippen molar-refractivity contribution in [2.75, 3.05) is 23.8 Å². The van der Waals surface area contributed by atoms with E-state index in [0.717, 1.165) is 77.0 Å². The Hall–Kier alpha value is -3.68. The molecule has 2 aromatic rings. The van der Waals surface area contributed by atoms with E-state index in [1.54, 1.807) is 48.5 Å². The quantitative estimate of drug-likeness (QED) is 0.114. The molecule has 2 rings (SSSR count). The summed E-state index contributed by atoms with van der Waals surface area (Å²) in [6, 6.07) is 13.6. The predicted octanol–water partition coefficient (Wildman–Crippen LogP) is 8.08. The van der Waals surface area contributed by atoms with E-state index in [2.05, 4.69) is 10.6 Å². The van der Waals surface area contributed by atoms with Gasteiger partial charge < -0.3 is 20.1 Å². The van der Waals surface area contributed by atoms with Crippen LogP contribution in [0.5, 0.6) is 0 Å². The minimum atomic E-state index is -0.339. The molecule has 0 radical (unpaired) electrons. The molecule has 0 aliphatic rings. The largest absolute Gasteiger partial charge is 0.462 e. The molecule has 0 fully saturated rings. The second kappa shape index (κ2) is 21.1. The normalized spacial score (nSPS) is 10.6. The molecule has 0 aliphatic heterocycles. The summed E-state index contributed by atoms with van der Waals surface area (Å²) in [6.07, 6.45) is 12.7. The monoisotopic (exact) mass is 580 g/mol. The molecule has 2 aromatic carbocycles. The van der Waals surface area contributed by atoms with E-state index in [4.69, 9.17) is 9.47 Å². The number of hydrogen-bond acceptors (Lipinski definition) is 6. The number of ether oxygens (including phenoxy) is 2. The number of benzene rings is 2. The minimum absolute atomic E-state index is 0.0209. The molecule has 0 saturated carbocycles. The second-order valence-corrected chi connectivity index (χ2v) is 10.6. The molecule has 0 aliphatic carbocycles.